The molecular weight excluding hydrogens is 438 g/mol. The summed E-state index contributed by atoms with van der Waals surface area (Å²) in [5.74, 6) is 0. The molecule has 0 heterocycles. The van der Waals surface area contributed by atoms with Gasteiger partial charge in [-0.2, -0.15) is 8.42 Å². The van der Waals surface area contributed by atoms with Crippen molar-refractivity contribution in [1.29, 1.82) is 0 Å². The average Bonchev–Trinajstić information content (AvgIpc) is 1.83. The monoisotopic (exact) mass is 476 g/mol. The maximum Gasteiger partial charge on any atom is 1.00 e. The maximum atomic E-state index is 8.74. The van der Waals surface area contributed by atoms with Crippen LogP contribution in [-0.2, 0) is 10.4 Å². The topological polar surface area (TPSA) is 513 Å². The fraction of sp³-hybridized carbons (Fsp3) is 1.00. The zero-order valence-corrected chi connectivity index (χ0v) is 16.4. The van der Waals surface area contributed by atoms with Crippen molar-refractivity contribution < 1.29 is 151 Å². The number of rotatable bonds is 2. The molecule has 0 saturated carbocycles. The summed E-state index contributed by atoms with van der Waals surface area (Å²) in [6.45, 7) is -0.729. The van der Waals surface area contributed by atoms with E-state index in [1.54, 1.807) is 0 Å². The second kappa shape index (κ2) is 98.2. The van der Waals surface area contributed by atoms with Gasteiger partial charge in [-0.3, -0.25) is 9.11 Å². The van der Waals surface area contributed by atoms with E-state index in [4.69, 9.17) is 32.8 Å². The van der Waals surface area contributed by atoms with Crippen LogP contribution < -0.4 is 51.4 Å². The molecule has 0 bridgehead atoms. The van der Waals surface area contributed by atoms with Crippen LogP contribution in [0.2, 0.25) is 0 Å². The number of hydrogen-bond acceptors (Lipinski definition) is 5. The van der Waals surface area contributed by atoms with Crippen molar-refractivity contribution in [3.8, 4) is 0 Å². The van der Waals surface area contributed by atoms with Crippen LogP contribution in [0, 0.1) is 0 Å². The van der Waals surface area contributed by atoms with E-state index < -0.39 is 16.5 Å². The summed E-state index contributed by atoms with van der Waals surface area (Å²) in [5, 5.41) is 24.0. The van der Waals surface area contributed by atoms with Gasteiger partial charge in [0.15, 0.2) is 17.4 Å². The Morgan fingerprint density at radius 2 is 0.720 bits per heavy atom. The summed E-state index contributed by atoms with van der Waals surface area (Å²) >= 11 is 0. The van der Waals surface area contributed by atoms with Gasteiger partial charge >= 0.3 is 61.8 Å². The van der Waals surface area contributed by atoms with Gasteiger partial charge in [-0.25, -0.2) is 0 Å². The van der Waals surface area contributed by atoms with Gasteiger partial charge in [-0.15, -0.1) is 0 Å². The quantitative estimate of drug-likeness (QED) is 0.189. The molecule has 0 aromatic rings. The Morgan fingerprint density at radius 1 is 0.640 bits per heavy atom. The molecule has 0 unspecified atom stereocenters. The third-order valence-electron chi connectivity index (χ3n) is 0.421. The van der Waals surface area contributed by atoms with Crippen molar-refractivity contribution in [2.45, 2.75) is 6.10 Å². The van der Waals surface area contributed by atoms with Crippen LogP contribution in [0.15, 0.2) is 0 Å². The Labute approximate surface area is 197 Å². The van der Waals surface area contributed by atoms with E-state index in [-0.39, 0.29) is 149 Å². The molecule has 0 aliphatic carbocycles. The first-order valence-corrected chi connectivity index (χ1v) is 3.80. The number of aliphatic hydroxyl groups excluding tert-OH is 3. The van der Waals surface area contributed by atoms with Crippen LogP contribution in [0.25, 0.3) is 0 Å². The summed E-state index contributed by atoms with van der Waals surface area (Å²) in [6, 6.07) is 0. The van der Waals surface area contributed by atoms with E-state index >= 15 is 0 Å². The van der Waals surface area contributed by atoms with Crippen molar-refractivity contribution in [3.63, 3.8) is 0 Å². The van der Waals surface area contributed by atoms with E-state index in [9.17, 15) is 0 Å². The van der Waals surface area contributed by atoms with Gasteiger partial charge in [0.2, 0.25) is 0 Å². The Hall–Kier alpha value is 1.44. The Morgan fingerprint density at radius 3 is 0.720 bits per heavy atom. The minimum absolute atomic E-state index is 0. The molecule has 0 fully saturated rings. The van der Waals surface area contributed by atoms with Crippen LogP contribution >= 0.6 is 0 Å². The summed E-state index contributed by atoms with van der Waals surface area (Å²) in [6.07, 6.45) is -0.954. The molecule has 0 aliphatic heterocycles. The standard InChI is InChI=1S/C3H8O3.Al.K.H2O4S.12H2O.4H/c4-1-3(6)2-5;;;1-5(2,3)4;;;;;;;;;;;;;;;;/h3-6H,1-2H2;;;(H2,1,2,3,4);12*1H2;;;;/q;;+1;;;;;;;;;;;;;;;;;-1. The first-order chi connectivity index (χ1) is 4.81. The molecule has 29 N–H and O–H groups in total. The average molecular weight is 476 g/mol. The van der Waals surface area contributed by atoms with Crippen molar-refractivity contribution in [1.82, 2.24) is 0 Å². The molecule has 0 aromatic heterocycles. The van der Waals surface area contributed by atoms with Gasteiger partial charge in [0.05, 0.1) is 13.2 Å². The summed E-state index contributed by atoms with van der Waals surface area (Å²) in [4.78, 5) is 0. The molecule has 19 nitrogen and oxygen atoms in total. The SMILES string of the molecule is O.O.O.O.O.O.O.O.O.O.O.O.O=S(=O)(O)O.OCC(O)CO.[AlH3].[H-].[K+]. The normalized spacial score (nSPS) is 4.72. The van der Waals surface area contributed by atoms with E-state index in [0.29, 0.717) is 0 Å². The van der Waals surface area contributed by atoms with Crippen LogP contribution in [-0.4, -0.2) is 135 Å². The van der Waals surface area contributed by atoms with Crippen molar-refractivity contribution >= 4 is 27.8 Å². The zero-order chi connectivity index (χ0) is 9.49. The van der Waals surface area contributed by atoms with E-state index in [1.165, 1.54) is 0 Å². The smallest absolute Gasteiger partial charge is 1.00 e. The molecular formula is C3H38AlKO19S. The van der Waals surface area contributed by atoms with Crippen LogP contribution in [0.5, 0.6) is 0 Å². The van der Waals surface area contributed by atoms with Crippen LogP contribution in [0.4, 0.5) is 0 Å². The molecule has 0 rings (SSSR count). The minimum atomic E-state index is -4.67. The zero-order valence-electron chi connectivity index (χ0n) is 13.5. The summed E-state index contributed by atoms with van der Waals surface area (Å²) in [7, 11) is -4.67. The van der Waals surface area contributed by atoms with E-state index in [2.05, 4.69) is 0 Å². The molecule has 0 saturated heterocycles. The molecule has 22 heteroatoms. The van der Waals surface area contributed by atoms with Gasteiger partial charge in [0.1, 0.15) is 6.10 Å². The molecule has 0 aliphatic rings. The van der Waals surface area contributed by atoms with Gasteiger partial charge in [0, 0.05) is 0 Å². The fourth-order valence-electron chi connectivity index (χ4n) is 0.0577. The van der Waals surface area contributed by atoms with Gasteiger partial charge in [-0.05, 0) is 0 Å². The Kier molecular flexibility index (Phi) is 617. The molecule has 0 atom stereocenters. The maximum absolute atomic E-state index is 8.74. The predicted octanol–water partition coefficient (Wildman–Crippen LogP) is -16.3. The minimum Gasteiger partial charge on any atom is -1.00 e. The largest absolute Gasteiger partial charge is 1.00 e. The second-order valence-corrected chi connectivity index (χ2v) is 2.36. The Balaban J connectivity index is -0.00000000264. The molecule has 0 radical (unpaired) electrons. The van der Waals surface area contributed by atoms with Crippen molar-refractivity contribution in [3.05, 3.63) is 0 Å². The molecule has 0 aromatic carbocycles. The Bertz CT molecular complexity index is 172. The predicted molar refractivity (Wildman–Crippen MR) is 88.8 cm³/mol. The first-order valence-electron chi connectivity index (χ1n) is 2.41. The first kappa shape index (κ1) is 157. The fourth-order valence-corrected chi connectivity index (χ4v) is 0.0577. The molecule has 174 valence electrons. The van der Waals surface area contributed by atoms with Gasteiger partial charge < -0.3 is 82.5 Å². The molecule has 0 spiro atoms. The van der Waals surface area contributed by atoms with Crippen molar-refractivity contribution in [2.75, 3.05) is 13.2 Å². The van der Waals surface area contributed by atoms with E-state index in [0.717, 1.165) is 0 Å². The molecule has 0 amide bonds. The van der Waals surface area contributed by atoms with Gasteiger partial charge in [0.25, 0.3) is 0 Å². The summed E-state index contributed by atoms with van der Waals surface area (Å²) in [5.41, 5.74) is 0. The number of aliphatic hydroxyl groups is 3. The second-order valence-electron chi connectivity index (χ2n) is 1.47. The van der Waals surface area contributed by atoms with E-state index in [1.807, 2.05) is 0 Å². The third-order valence-corrected chi connectivity index (χ3v) is 0.421. The summed E-state index contributed by atoms with van der Waals surface area (Å²) < 4.78 is 31.6. The third kappa shape index (κ3) is 472. The van der Waals surface area contributed by atoms with Crippen molar-refractivity contribution in [2.24, 2.45) is 0 Å². The molecule has 25 heavy (non-hydrogen) atoms. The number of hydrogen-bond donors (Lipinski definition) is 5. The van der Waals surface area contributed by atoms with Gasteiger partial charge in [-0.1, -0.05) is 0 Å². The van der Waals surface area contributed by atoms with Crippen LogP contribution in [0.3, 0.4) is 0 Å². The van der Waals surface area contributed by atoms with Crippen LogP contribution in [0.1, 0.15) is 1.43 Å².